The maximum atomic E-state index is 14.1. The van der Waals surface area contributed by atoms with Gasteiger partial charge in [0.15, 0.2) is 0 Å². The van der Waals surface area contributed by atoms with Crippen molar-refractivity contribution in [3.05, 3.63) is 65.5 Å². The van der Waals surface area contributed by atoms with Crippen molar-refractivity contribution in [2.24, 2.45) is 0 Å². The Morgan fingerprint density at radius 2 is 1.50 bits per heavy atom. The third kappa shape index (κ3) is 6.50. The van der Waals surface area contributed by atoms with Crippen molar-refractivity contribution in [2.75, 3.05) is 0 Å². The lowest BCUT2D eigenvalue weighted by Gasteiger charge is -2.32. The van der Waals surface area contributed by atoms with Crippen LogP contribution in [0.15, 0.2) is 48.5 Å². The van der Waals surface area contributed by atoms with E-state index in [1.165, 1.54) is 25.1 Å². The Labute approximate surface area is 210 Å². The molecule has 0 spiro atoms. The van der Waals surface area contributed by atoms with Crippen LogP contribution in [0.4, 0.5) is 4.39 Å². The van der Waals surface area contributed by atoms with Crippen LogP contribution in [0.1, 0.15) is 45.7 Å². The molecule has 8 nitrogen and oxygen atoms in total. The normalized spacial score (nSPS) is 17.8. The Kier molecular flexibility index (Phi) is 8.21. The predicted molar refractivity (Wildman–Crippen MR) is 133 cm³/mol. The molecule has 0 aromatic heterocycles. The minimum atomic E-state index is -1.25. The Bertz CT molecular complexity index is 1110. The van der Waals surface area contributed by atoms with Gasteiger partial charge in [0.25, 0.3) is 0 Å². The van der Waals surface area contributed by atoms with Crippen LogP contribution >= 0.6 is 0 Å². The fourth-order valence-corrected chi connectivity index (χ4v) is 3.84. The first kappa shape index (κ1) is 27.4. The summed E-state index contributed by atoms with van der Waals surface area (Å²) in [6, 6.07) is 10.6. The molecule has 2 aromatic carbocycles. The second kappa shape index (κ2) is 10.8. The lowest BCUT2D eigenvalue weighted by atomic mass is 9.78. The van der Waals surface area contributed by atoms with E-state index in [2.05, 4.69) is 10.6 Å². The van der Waals surface area contributed by atoms with E-state index >= 15 is 0 Å². The molecule has 1 heterocycles. The summed E-state index contributed by atoms with van der Waals surface area (Å²) in [4.78, 5) is 36.5. The summed E-state index contributed by atoms with van der Waals surface area (Å²) < 4.78 is 26.2. The predicted octanol–water partition coefficient (Wildman–Crippen LogP) is 1.98. The number of carboxylic acids is 1. The van der Waals surface area contributed by atoms with E-state index in [4.69, 9.17) is 9.31 Å². The third-order valence-corrected chi connectivity index (χ3v) is 6.64. The van der Waals surface area contributed by atoms with Crippen molar-refractivity contribution in [3.8, 4) is 0 Å². The number of hydrogen-bond acceptors (Lipinski definition) is 5. The van der Waals surface area contributed by atoms with Gasteiger partial charge in [0.05, 0.1) is 11.2 Å². The van der Waals surface area contributed by atoms with Crippen LogP contribution in [0.2, 0.25) is 0 Å². The lowest BCUT2D eigenvalue weighted by molar-refractivity contribution is -0.142. The van der Waals surface area contributed by atoms with Crippen LogP contribution < -0.4 is 16.1 Å². The van der Waals surface area contributed by atoms with E-state index in [1.807, 2.05) is 27.7 Å². The SMILES string of the molecule is CC(=O)N[C@@H](Cc1ccccc1F)C(=O)N[C@@H](Cc1ccc(B2OC(C)(C)C(C)(C)O2)cc1)C(=O)O. The molecule has 36 heavy (non-hydrogen) atoms. The summed E-state index contributed by atoms with van der Waals surface area (Å²) >= 11 is 0. The van der Waals surface area contributed by atoms with Gasteiger partial charge in [-0.05, 0) is 50.4 Å². The second-order valence-corrected chi connectivity index (χ2v) is 9.98. The van der Waals surface area contributed by atoms with Crippen LogP contribution in [-0.2, 0) is 36.5 Å². The highest BCUT2D eigenvalue weighted by atomic mass is 19.1. The molecule has 0 saturated carbocycles. The highest BCUT2D eigenvalue weighted by Gasteiger charge is 2.51. The van der Waals surface area contributed by atoms with E-state index in [0.717, 1.165) is 5.46 Å². The van der Waals surface area contributed by atoms with Gasteiger partial charge in [-0.2, -0.15) is 0 Å². The zero-order chi connectivity index (χ0) is 26.7. The van der Waals surface area contributed by atoms with Gasteiger partial charge < -0.3 is 25.0 Å². The molecule has 10 heteroatoms. The van der Waals surface area contributed by atoms with Gasteiger partial charge in [-0.3, -0.25) is 9.59 Å². The average molecular weight is 498 g/mol. The molecule has 1 fully saturated rings. The topological polar surface area (TPSA) is 114 Å². The lowest BCUT2D eigenvalue weighted by Crippen LogP contribution is -2.52. The van der Waals surface area contributed by atoms with E-state index in [-0.39, 0.29) is 18.4 Å². The molecule has 1 aliphatic rings. The Hall–Kier alpha value is -3.24. The molecular weight excluding hydrogens is 466 g/mol. The number of halogens is 1. The van der Waals surface area contributed by atoms with Crippen molar-refractivity contribution in [1.29, 1.82) is 0 Å². The number of amides is 2. The molecule has 1 saturated heterocycles. The summed E-state index contributed by atoms with van der Waals surface area (Å²) in [7, 11) is -0.546. The highest BCUT2D eigenvalue weighted by molar-refractivity contribution is 6.62. The molecular formula is C26H32BFN2O6. The fourth-order valence-electron chi connectivity index (χ4n) is 3.84. The van der Waals surface area contributed by atoms with E-state index in [1.54, 1.807) is 30.3 Å². The van der Waals surface area contributed by atoms with E-state index < -0.39 is 54.0 Å². The molecule has 1 aliphatic heterocycles. The molecule has 0 bridgehead atoms. The van der Waals surface area contributed by atoms with Gasteiger partial charge in [0, 0.05) is 19.8 Å². The summed E-state index contributed by atoms with van der Waals surface area (Å²) in [5, 5.41) is 14.7. The molecule has 0 radical (unpaired) electrons. The largest absolute Gasteiger partial charge is 0.494 e. The van der Waals surface area contributed by atoms with Gasteiger partial charge >= 0.3 is 13.1 Å². The van der Waals surface area contributed by atoms with Crippen LogP contribution in [0.25, 0.3) is 0 Å². The monoisotopic (exact) mass is 498 g/mol. The van der Waals surface area contributed by atoms with Gasteiger partial charge in [0.2, 0.25) is 11.8 Å². The van der Waals surface area contributed by atoms with E-state index in [9.17, 15) is 23.9 Å². The molecule has 192 valence electrons. The highest BCUT2D eigenvalue weighted by Crippen LogP contribution is 2.36. The minimum absolute atomic E-state index is 0.0111. The molecule has 0 unspecified atom stereocenters. The molecule has 2 amide bonds. The van der Waals surface area contributed by atoms with Crippen molar-refractivity contribution in [2.45, 2.75) is 70.7 Å². The molecule has 2 aromatic rings. The van der Waals surface area contributed by atoms with Crippen LogP contribution in [0.3, 0.4) is 0 Å². The Morgan fingerprint density at radius 3 is 2.03 bits per heavy atom. The second-order valence-electron chi connectivity index (χ2n) is 9.98. The van der Waals surface area contributed by atoms with Crippen molar-refractivity contribution in [1.82, 2.24) is 10.6 Å². The Morgan fingerprint density at radius 1 is 0.917 bits per heavy atom. The van der Waals surface area contributed by atoms with Gasteiger partial charge in [-0.25, -0.2) is 9.18 Å². The number of carboxylic acid groups (broad SMARTS) is 1. The number of carbonyl (C=O) groups is 3. The summed E-state index contributed by atoms with van der Waals surface area (Å²) in [5.41, 5.74) is 0.734. The Balaban J connectivity index is 1.69. The first-order chi connectivity index (χ1) is 16.8. The maximum absolute atomic E-state index is 14.1. The number of aliphatic carboxylic acids is 1. The van der Waals surface area contributed by atoms with Crippen molar-refractivity contribution < 1.29 is 33.2 Å². The first-order valence-corrected chi connectivity index (χ1v) is 11.8. The number of hydrogen-bond donors (Lipinski definition) is 3. The fraction of sp³-hybridized carbons (Fsp3) is 0.423. The molecule has 3 rings (SSSR count). The summed E-state index contributed by atoms with van der Waals surface area (Å²) in [6.07, 6.45) is -0.107. The third-order valence-electron chi connectivity index (χ3n) is 6.64. The van der Waals surface area contributed by atoms with Gasteiger partial charge in [-0.15, -0.1) is 0 Å². The minimum Gasteiger partial charge on any atom is -0.480 e. The number of benzene rings is 2. The molecule has 2 atom stereocenters. The number of nitrogens with one attached hydrogen (secondary N) is 2. The zero-order valence-corrected chi connectivity index (χ0v) is 21.1. The zero-order valence-electron chi connectivity index (χ0n) is 21.1. The number of carbonyl (C=O) groups excluding carboxylic acids is 2. The average Bonchev–Trinajstić information content (AvgIpc) is 3.01. The first-order valence-electron chi connectivity index (χ1n) is 11.8. The standard InChI is InChI=1S/C26H32BFN2O6/c1-16(31)29-21(15-18-8-6-7-9-20(18)28)23(32)30-22(24(33)34)14-17-10-12-19(13-11-17)27-35-25(2,3)26(4,5)36-27/h6-13,21-22H,14-15H2,1-5H3,(H,29,31)(H,30,32)(H,33,34)/t21-,22-/m0/s1. The van der Waals surface area contributed by atoms with Gasteiger partial charge in [-0.1, -0.05) is 42.5 Å². The van der Waals surface area contributed by atoms with Crippen LogP contribution in [0.5, 0.6) is 0 Å². The van der Waals surface area contributed by atoms with E-state index in [0.29, 0.717) is 5.56 Å². The quantitative estimate of drug-likeness (QED) is 0.456. The van der Waals surface area contributed by atoms with Crippen molar-refractivity contribution in [3.63, 3.8) is 0 Å². The molecule has 0 aliphatic carbocycles. The summed E-state index contributed by atoms with van der Waals surface area (Å²) in [6.45, 7) is 9.07. The van der Waals surface area contributed by atoms with Crippen LogP contribution in [0, 0.1) is 5.82 Å². The number of rotatable bonds is 9. The maximum Gasteiger partial charge on any atom is 0.494 e. The smallest absolute Gasteiger partial charge is 0.480 e. The van der Waals surface area contributed by atoms with Crippen molar-refractivity contribution >= 4 is 30.4 Å². The van der Waals surface area contributed by atoms with Crippen LogP contribution in [-0.4, -0.2) is 53.3 Å². The van der Waals surface area contributed by atoms with Gasteiger partial charge in [0.1, 0.15) is 17.9 Å². The molecule has 3 N–H and O–H groups in total. The summed E-state index contributed by atoms with van der Waals surface area (Å²) in [5.74, 6) is -2.95.